The molecular formula is C11H17N3O3S. The molecule has 0 saturated carbocycles. The van der Waals surface area contributed by atoms with E-state index in [4.69, 9.17) is 11.5 Å². The molecule has 0 aromatic carbocycles. The average molecular weight is 271 g/mol. The van der Waals surface area contributed by atoms with E-state index in [1.165, 1.54) is 16.7 Å². The number of carbonyl (C=O) groups excluding carboxylic acids is 1. The number of amides is 1. The molecular weight excluding hydrogens is 254 g/mol. The average Bonchev–Trinajstić information content (AvgIpc) is 2.62. The predicted octanol–water partition coefficient (Wildman–Crippen LogP) is 0.0441. The third kappa shape index (κ3) is 2.25. The molecule has 1 fully saturated rings. The van der Waals surface area contributed by atoms with Gasteiger partial charge < -0.3 is 16.6 Å². The van der Waals surface area contributed by atoms with Crippen LogP contribution in [0.3, 0.4) is 0 Å². The second kappa shape index (κ2) is 5.29. The Balaban J connectivity index is 2.10. The van der Waals surface area contributed by atoms with Gasteiger partial charge >= 0.3 is 5.97 Å². The molecule has 1 saturated heterocycles. The Morgan fingerprint density at radius 3 is 2.83 bits per heavy atom. The predicted molar refractivity (Wildman–Crippen MR) is 68.4 cm³/mol. The van der Waals surface area contributed by atoms with Gasteiger partial charge in [0.1, 0.15) is 5.70 Å². The Labute approximate surface area is 109 Å². The van der Waals surface area contributed by atoms with Gasteiger partial charge in [0.2, 0.25) is 5.91 Å². The number of nitrogens with zero attached hydrogens (tertiary/aromatic N) is 1. The summed E-state index contributed by atoms with van der Waals surface area (Å²) in [6.07, 6.45) is 2.85. The van der Waals surface area contributed by atoms with Crippen LogP contribution in [0.2, 0.25) is 0 Å². The zero-order valence-corrected chi connectivity index (χ0v) is 10.8. The maximum absolute atomic E-state index is 11.4. The number of nitrogens with two attached hydrogens (primary N) is 2. The van der Waals surface area contributed by atoms with Crippen molar-refractivity contribution in [1.82, 2.24) is 4.90 Å². The Morgan fingerprint density at radius 1 is 1.56 bits per heavy atom. The molecule has 0 radical (unpaired) electrons. The van der Waals surface area contributed by atoms with Gasteiger partial charge in [0.05, 0.1) is 11.8 Å². The van der Waals surface area contributed by atoms with E-state index in [0.717, 1.165) is 12.8 Å². The topological polar surface area (TPSA) is 110 Å². The van der Waals surface area contributed by atoms with Crippen LogP contribution in [0.1, 0.15) is 25.7 Å². The van der Waals surface area contributed by atoms with E-state index in [1.807, 2.05) is 0 Å². The lowest BCUT2D eigenvalue weighted by molar-refractivity contribution is -0.145. The summed E-state index contributed by atoms with van der Waals surface area (Å²) in [4.78, 5) is 24.6. The van der Waals surface area contributed by atoms with Gasteiger partial charge in [-0.2, -0.15) is 0 Å². The molecule has 0 aliphatic carbocycles. The van der Waals surface area contributed by atoms with E-state index >= 15 is 0 Å². The van der Waals surface area contributed by atoms with Gasteiger partial charge in [-0.05, 0) is 19.4 Å². The van der Waals surface area contributed by atoms with Crippen LogP contribution in [-0.2, 0) is 9.59 Å². The zero-order chi connectivity index (χ0) is 13.3. The molecule has 2 rings (SSSR count). The Kier molecular flexibility index (Phi) is 3.94. The van der Waals surface area contributed by atoms with Crippen molar-refractivity contribution in [3.63, 3.8) is 0 Å². The fourth-order valence-corrected chi connectivity index (χ4v) is 3.62. The smallest absolute Gasteiger partial charge is 0.353 e. The standard InChI is InChI=1S/C11H17N3O3S/c12-4-2-1-3-6(13)10-9(11(16)17)14-7(15)5-8(14)18-10/h6,8H,1-5,12-13H2,(H,16,17)/t6?,8-/m0/s1. The van der Waals surface area contributed by atoms with E-state index in [1.54, 1.807) is 0 Å². The second-order valence-corrected chi connectivity index (χ2v) is 5.67. The number of β-lactam (4-membered cyclic amide) rings is 1. The molecule has 0 spiro atoms. The minimum Gasteiger partial charge on any atom is -0.477 e. The SMILES string of the molecule is NCCCCC(N)C1=C(C(=O)O)N2C(=O)C[C@@H]2S1. The summed E-state index contributed by atoms with van der Waals surface area (Å²) in [5.74, 6) is -1.20. The molecule has 2 heterocycles. The van der Waals surface area contributed by atoms with Crippen LogP contribution >= 0.6 is 11.8 Å². The minimum atomic E-state index is -1.07. The lowest BCUT2D eigenvalue weighted by Crippen LogP contribution is -2.48. The first-order valence-corrected chi connectivity index (χ1v) is 6.86. The van der Waals surface area contributed by atoms with Crippen LogP contribution in [0.5, 0.6) is 0 Å². The maximum Gasteiger partial charge on any atom is 0.353 e. The summed E-state index contributed by atoms with van der Waals surface area (Å²) in [5.41, 5.74) is 11.5. The van der Waals surface area contributed by atoms with E-state index in [-0.39, 0.29) is 23.0 Å². The lowest BCUT2D eigenvalue weighted by Gasteiger charge is -2.33. The van der Waals surface area contributed by atoms with E-state index < -0.39 is 5.97 Å². The van der Waals surface area contributed by atoms with Crippen molar-refractivity contribution >= 4 is 23.6 Å². The van der Waals surface area contributed by atoms with Gasteiger partial charge in [0.15, 0.2) is 0 Å². The number of carboxylic acids is 1. The third-order valence-electron chi connectivity index (χ3n) is 3.15. The molecule has 1 unspecified atom stereocenters. The van der Waals surface area contributed by atoms with E-state index in [0.29, 0.717) is 24.3 Å². The molecule has 7 heteroatoms. The molecule has 0 aromatic heterocycles. The highest BCUT2D eigenvalue weighted by atomic mass is 32.2. The molecule has 18 heavy (non-hydrogen) atoms. The Hall–Kier alpha value is -1.05. The maximum atomic E-state index is 11.4. The summed E-state index contributed by atoms with van der Waals surface area (Å²) >= 11 is 1.41. The van der Waals surface area contributed by atoms with E-state index in [9.17, 15) is 14.7 Å². The second-order valence-electron chi connectivity index (χ2n) is 4.45. The fraction of sp³-hybridized carbons (Fsp3) is 0.636. The fourth-order valence-electron chi connectivity index (χ4n) is 2.18. The number of aliphatic carboxylic acids is 1. The van der Waals surface area contributed by atoms with Crippen molar-refractivity contribution in [3.8, 4) is 0 Å². The van der Waals surface area contributed by atoms with Crippen LogP contribution < -0.4 is 11.5 Å². The number of thioether (sulfide) groups is 1. The lowest BCUT2D eigenvalue weighted by atomic mass is 10.1. The van der Waals surface area contributed by atoms with Gasteiger partial charge in [-0.25, -0.2) is 4.79 Å². The molecule has 2 aliphatic rings. The van der Waals surface area contributed by atoms with Gasteiger partial charge in [-0.15, -0.1) is 11.8 Å². The Morgan fingerprint density at radius 2 is 2.28 bits per heavy atom. The number of fused-ring (bicyclic) bond motifs is 1. The summed E-state index contributed by atoms with van der Waals surface area (Å²) in [5, 5.41) is 9.15. The highest BCUT2D eigenvalue weighted by Crippen LogP contribution is 2.47. The van der Waals surface area contributed by atoms with Gasteiger partial charge in [0.25, 0.3) is 0 Å². The first kappa shape index (κ1) is 13.4. The van der Waals surface area contributed by atoms with Gasteiger partial charge in [-0.3, -0.25) is 9.69 Å². The van der Waals surface area contributed by atoms with Crippen LogP contribution in [0.15, 0.2) is 10.6 Å². The molecule has 5 N–H and O–H groups in total. The molecule has 0 bridgehead atoms. The summed E-state index contributed by atoms with van der Waals surface area (Å²) < 4.78 is 0. The first-order chi connectivity index (χ1) is 8.56. The van der Waals surface area contributed by atoms with Crippen molar-refractivity contribution in [2.24, 2.45) is 11.5 Å². The highest BCUT2D eigenvalue weighted by molar-refractivity contribution is 8.04. The number of rotatable bonds is 6. The highest BCUT2D eigenvalue weighted by Gasteiger charge is 2.49. The third-order valence-corrected chi connectivity index (χ3v) is 4.55. The van der Waals surface area contributed by atoms with Crippen molar-refractivity contribution in [2.75, 3.05) is 6.54 Å². The van der Waals surface area contributed by atoms with Gasteiger partial charge in [-0.1, -0.05) is 6.42 Å². The van der Waals surface area contributed by atoms with Gasteiger partial charge in [0, 0.05) is 10.9 Å². The quantitative estimate of drug-likeness (QED) is 0.465. The first-order valence-electron chi connectivity index (χ1n) is 5.98. The van der Waals surface area contributed by atoms with Crippen molar-refractivity contribution in [2.45, 2.75) is 37.1 Å². The van der Waals surface area contributed by atoms with Crippen LogP contribution in [0.4, 0.5) is 0 Å². The van der Waals surface area contributed by atoms with Crippen LogP contribution in [-0.4, -0.2) is 39.8 Å². The molecule has 6 nitrogen and oxygen atoms in total. The summed E-state index contributed by atoms with van der Waals surface area (Å²) in [6.45, 7) is 0.609. The molecule has 2 atom stereocenters. The van der Waals surface area contributed by atoms with Crippen molar-refractivity contribution in [3.05, 3.63) is 10.6 Å². The monoisotopic (exact) mass is 271 g/mol. The Bertz CT molecular complexity index is 410. The number of carboxylic acid groups (broad SMARTS) is 1. The van der Waals surface area contributed by atoms with Crippen molar-refractivity contribution in [1.29, 1.82) is 0 Å². The summed E-state index contributed by atoms with van der Waals surface area (Å²) in [6, 6.07) is -0.314. The van der Waals surface area contributed by atoms with Crippen LogP contribution in [0, 0.1) is 0 Å². The minimum absolute atomic E-state index is 0.0563. The molecule has 2 aliphatic heterocycles. The normalized spacial score (nSPS) is 24.0. The van der Waals surface area contributed by atoms with Crippen molar-refractivity contribution < 1.29 is 14.7 Å². The zero-order valence-electron chi connectivity index (χ0n) is 9.96. The number of unbranched alkanes of at least 4 members (excludes halogenated alkanes) is 1. The molecule has 1 amide bonds. The largest absolute Gasteiger partial charge is 0.477 e. The molecule has 0 aromatic rings. The van der Waals surface area contributed by atoms with E-state index in [2.05, 4.69) is 0 Å². The summed E-state index contributed by atoms with van der Waals surface area (Å²) in [7, 11) is 0. The molecule has 100 valence electrons. The number of carbonyl (C=O) groups is 2. The number of hydrogen-bond acceptors (Lipinski definition) is 5. The van der Waals surface area contributed by atoms with Crippen LogP contribution in [0.25, 0.3) is 0 Å². The number of hydrogen-bond donors (Lipinski definition) is 3.